The third-order valence-corrected chi connectivity index (χ3v) is 8.95. The summed E-state index contributed by atoms with van der Waals surface area (Å²) in [4.78, 5) is 0. The lowest BCUT2D eigenvalue weighted by molar-refractivity contribution is 0.669. The zero-order chi connectivity index (χ0) is 30.6. The van der Waals surface area contributed by atoms with Crippen LogP contribution in [0.1, 0.15) is 5.56 Å². The maximum absolute atomic E-state index is 10.2. The van der Waals surface area contributed by atoms with Gasteiger partial charge in [0.25, 0.3) is 0 Å². The van der Waals surface area contributed by atoms with Crippen LogP contribution < -0.4 is 0 Å². The van der Waals surface area contributed by atoms with Crippen LogP contribution in [-0.2, 0) is 0 Å². The van der Waals surface area contributed by atoms with Crippen LogP contribution in [0.15, 0.2) is 160 Å². The number of rotatable bonds is 4. The first-order valence-electron chi connectivity index (χ1n) is 15.3. The molecule has 0 spiro atoms. The number of benzene rings is 7. The molecule has 2 heterocycles. The number of nitriles is 1. The molecule has 0 bridgehead atoms. The van der Waals surface area contributed by atoms with E-state index in [2.05, 4.69) is 91.0 Å². The number of hydrogen-bond donors (Lipinski definition) is 0. The highest BCUT2D eigenvalue weighted by molar-refractivity contribution is 6.16. The molecule has 0 aliphatic rings. The highest BCUT2D eigenvalue weighted by atomic mass is 16.3. The third kappa shape index (κ3) is 3.98. The van der Waals surface area contributed by atoms with Crippen molar-refractivity contribution < 1.29 is 8.83 Å². The van der Waals surface area contributed by atoms with Crippen molar-refractivity contribution in [2.75, 3.05) is 0 Å². The van der Waals surface area contributed by atoms with Crippen molar-refractivity contribution in [1.29, 1.82) is 5.26 Å². The summed E-state index contributed by atoms with van der Waals surface area (Å²) in [5.74, 6) is 0. The van der Waals surface area contributed by atoms with Crippen molar-refractivity contribution in [2.45, 2.75) is 0 Å². The normalized spacial score (nSPS) is 11.5. The second-order valence-electron chi connectivity index (χ2n) is 11.5. The fourth-order valence-electron chi connectivity index (χ4n) is 6.93. The van der Waals surface area contributed by atoms with Crippen LogP contribution >= 0.6 is 0 Å². The Bertz CT molecular complexity index is 2650. The number of furan rings is 2. The number of fused-ring (bicyclic) bond motifs is 6. The third-order valence-electron chi connectivity index (χ3n) is 8.95. The molecule has 9 rings (SSSR count). The summed E-state index contributed by atoms with van der Waals surface area (Å²) in [7, 11) is 0. The van der Waals surface area contributed by atoms with Gasteiger partial charge in [0.15, 0.2) is 0 Å². The van der Waals surface area contributed by atoms with Crippen molar-refractivity contribution >= 4 is 43.9 Å². The first kappa shape index (κ1) is 26.1. The Balaban J connectivity index is 1.48. The molecule has 0 aliphatic carbocycles. The largest absolute Gasteiger partial charge is 0.456 e. The van der Waals surface area contributed by atoms with Crippen molar-refractivity contribution in [3.63, 3.8) is 0 Å². The van der Waals surface area contributed by atoms with E-state index in [4.69, 9.17) is 8.83 Å². The molecule has 0 aliphatic heterocycles. The van der Waals surface area contributed by atoms with Crippen LogP contribution in [0, 0.1) is 11.3 Å². The Morgan fingerprint density at radius 2 is 1.00 bits per heavy atom. The highest BCUT2D eigenvalue weighted by Crippen LogP contribution is 2.48. The first-order valence-corrected chi connectivity index (χ1v) is 15.3. The fraction of sp³-hybridized carbons (Fsp3) is 0. The lowest BCUT2D eigenvalue weighted by Gasteiger charge is -2.20. The topological polar surface area (TPSA) is 50.1 Å². The molecule has 3 nitrogen and oxygen atoms in total. The van der Waals surface area contributed by atoms with E-state index in [1.807, 2.05) is 66.7 Å². The van der Waals surface area contributed by atoms with E-state index in [1.54, 1.807) is 0 Å². The monoisotopic (exact) mass is 587 g/mol. The van der Waals surface area contributed by atoms with Gasteiger partial charge < -0.3 is 8.83 Å². The quantitative estimate of drug-likeness (QED) is 0.206. The van der Waals surface area contributed by atoms with E-state index in [9.17, 15) is 5.26 Å². The maximum Gasteiger partial charge on any atom is 0.143 e. The summed E-state index contributed by atoms with van der Waals surface area (Å²) in [6.45, 7) is 0. The van der Waals surface area contributed by atoms with Gasteiger partial charge in [0.1, 0.15) is 22.3 Å². The van der Waals surface area contributed by atoms with Crippen molar-refractivity contribution in [3.8, 4) is 50.6 Å². The molecule has 0 amide bonds. The summed E-state index contributed by atoms with van der Waals surface area (Å²) in [5.41, 5.74) is 12.2. The van der Waals surface area contributed by atoms with E-state index in [-0.39, 0.29) is 0 Å². The van der Waals surface area contributed by atoms with E-state index in [0.717, 1.165) is 88.4 Å². The second-order valence-corrected chi connectivity index (χ2v) is 11.5. The van der Waals surface area contributed by atoms with Crippen LogP contribution in [0.5, 0.6) is 0 Å². The lowest BCUT2D eigenvalue weighted by atomic mass is 9.83. The van der Waals surface area contributed by atoms with Gasteiger partial charge >= 0.3 is 0 Å². The lowest BCUT2D eigenvalue weighted by Crippen LogP contribution is -1.95. The first-order chi connectivity index (χ1) is 22.8. The Labute approximate surface area is 265 Å². The van der Waals surface area contributed by atoms with E-state index in [1.165, 1.54) is 0 Å². The molecular formula is C43H25NO2. The minimum absolute atomic E-state index is 0.626. The predicted octanol–water partition coefficient (Wildman–Crippen LogP) is 12.0. The molecule has 0 N–H and O–H groups in total. The molecule has 0 saturated carbocycles. The number of hydrogen-bond acceptors (Lipinski definition) is 3. The second kappa shape index (κ2) is 10.4. The summed E-state index contributed by atoms with van der Waals surface area (Å²) < 4.78 is 13.0. The molecule has 0 unspecified atom stereocenters. The molecule has 214 valence electrons. The standard InChI is InChI=1S/C43H25NO2/c44-26-28-14-4-5-15-30(28)29-24-36(32-18-11-23-40-42(32)35-17-7-9-22-39(35)45-40)41(27-12-2-1-3-13-27)37(25-29)34-20-10-19-33-31-16-6-8-21-38(31)46-43(33)34/h1-25H. The molecule has 0 saturated heterocycles. The van der Waals surface area contributed by atoms with Gasteiger partial charge in [-0.05, 0) is 75.3 Å². The smallest absolute Gasteiger partial charge is 0.143 e. The van der Waals surface area contributed by atoms with Gasteiger partial charge in [-0.3, -0.25) is 0 Å². The SMILES string of the molecule is N#Cc1ccccc1-c1cc(-c2cccc3c2oc2ccccc23)c(-c2ccccc2)c(-c2cccc3oc4ccccc4c23)c1. The average Bonchev–Trinajstić information content (AvgIpc) is 3.70. The van der Waals surface area contributed by atoms with Crippen LogP contribution in [0.2, 0.25) is 0 Å². The Morgan fingerprint density at radius 3 is 1.83 bits per heavy atom. The highest BCUT2D eigenvalue weighted by Gasteiger charge is 2.23. The van der Waals surface area contributed by atoms with E-state index in [0.29, 0.717) is 5.56 Å². The molecule has 3 heteroatoms. The minimum atomic E-state index is 0.626. The van der Waals surface area contributed by atoms with Crippen molar-refractivity contribution in [1.82, 2.24) is 0 Å². The zero-order valence-electron chi connectivity index (χ0n) is 24.7. The molecule has 0 atom stereocenters. The van der Waals surface area contributed by atoms with Gasteiger partial charge in [-0.2, -0.15) is 5.26 Å². The molecule has 2 aromatic heterocycles. The summed E-state index contributed by atoms with van der Waals surface area (Å²) in [6.07, 6.45) is 0. The Kier molecular flexibility index (Phi) is 5.88. The average molecular weight is 588 g/mol. The zero-order valence-corrected chi connectivity index (χ0v) is 24.7. The molecule has 0 radical (unpaired) electrons. The maximum atomic E-state index is 10.2. The Morgan fingerprint density at radius 1 is 0.413 bits per heavy atom. The van der Waals surface area contributed by atoms with Crippen LogP contribution in [0.3, 0.4) is 0 Å². The molecule has 9 aromatic rings. The van der Waals surface area contributed by atoms with Crippen LogP contribution in [0.25, 0.3) is 88.4 Å². The van der Waals surface area contributed by atoms with Gasteiger partial charge in [-0.1, -0.05) is 115 Å². The van der Waals surface area contributed by atoms with Crippen molar-refractivity contribution in [2.24, 2.45) is 0 Å². The molecule has 7 aromatic carbocycles. The van der Waals surface area contributed by atoms with E-state index >= 15 is 0 Å². The van der Waals surface area contributed by atoms with E-state index < -0.39 is 0 Å². The molecule has 46 heavy (non-hydrogen) atoms. The predicted molar refractivity (Wildman–Crippen MR) is 187 cm³/mol. The molecule has 0 fully saturated rings. The van der Waals surface area contributed by atoms with Gasteiger partial charge in [0, 0.05) is 27.1 Å². The van der Waals surface area contributed by atoms with Crippen molar-refractivity contribution in [3.05, 3.63) is 157 Å². The Hall–Kier alpha value is -6.37. The fourth-order valence-corrected chi connectivity index (χ4v) is 6.93. The summed E-state index contributed by atoms with van der Waals surface area (Å²) in [5, 5.41) is 14.4. The summed E-state index contributed by atoms with van der Waals surface area (Å²) in [6, 6.07) is 54.3. The number of para-hydroxylation sites is 3. The van der Waals surface area contributed by atoms with Gasteiger partial charge in [-0.15, -0.1) is 0 Å². The molecular weight excluding hydrogens is 562 g/mol. The van der Waals surface area contributed by atoms with Crippen LogP contribution in [0.4, 0.5) is 0 Å². The number of nitrogens with zero attached hydrogens (tertiary/aromatic N) is 1. The van der Waals surface area contributed by atoms with Crippen LogP contribution in [-0.4, -0.2) is 0 Å². The van der Waals surface area contributed by atoms with Gasteiger partial charge in [0.05, 0.1) is 11.6 Å². The minimum Gasteiger partial charge on any atom is -0.456 e. The summed E-state index contributed by atoms with van der Waals surface area (Å²) >= 11 is 0. The van der Waals surface area contributed by atoms with Gasteiger partial charge in [-0.25, -0.2) is 0 Å². The van der Waals surface area contributed by atoms with Gasteiger partial charge in [0.2, 0.25) is 0 Å².